The monoisotopic (exact) mass is 244 g/mol. The lowest BCUT2D eigenvalue weighted by atomic mass is 9.92. The van der Waals surface area contributed by atoms with Crippen LogP contribution in [0, 0.1) is 0 Å². The second kappa shape index (κ2) is 5.99. The van der Waals surface area contributed by atoms with Crippen molar-refractivity contribution < 1.29 is 5.11 Å². The summed E-state index contributed by atoms with van der Waals surface area (Å²) < 4.78 is 0. The summed E-state index contributed by atoms with van der Waals surface area (Å²) in [5, 5.41) is 13.4. The van der Waals surface area contributed by atoms with Gasteiger partial charge in [-0.15, -0.1) is 11.6 Å². The van der Waals surface area contributed by atoms with Gasteiger partial charge in [-0.1, -0.05) is 6.42 Å². The fraction of sp³-hybridized carbons (Fsp3) is 0.917. The van der Waals surface area contributed by atoms with Crippen molar-refractivity contribution in [1.29, 1.82) is 0 Å². The Morgan fingerprint density at radius 3 is 2.88 bits per heavy atom. The SMILES string of the molecule is OC1CCC(Cl)CC1N=CC1CCCCN1. The second-order valence-electron chi connectivity index (χ2n) is 4.90. The fourth-order valence-corrected chi connectivity index (χ4v) is 2.77. The third-order valence-corrected chi connectivity index (χ3v) is 3.92. The Balaban J connectivity index is 1.84. The topological polar surface area (TPSA) is 44.6 Å². The molecule has 0 bridgehead atoms. The van der Waals surface area contributed by atoms with E-state index in [-0.39, 0.29) is 17.5 Å². The lowest BCUT2D eigenvalue weighted by Gasteiger charge is -2.28. The van der Waals surface area contributed by atoms with Gasteiger partial charge >= 0.3 is 0 Å². The average molecular weight is 245 g/mol. The molecule has 2 fully saturated rings. The highest BCUT2D eigenvalue weighted by molar-refractivity contribution is 6.20. The number of piperidine rings is 1. The normalized spacial score (nSPS) is 41.4. The highest BCUT2D eigenvalue weighted by Crippen LogP contribution is 2.25. The minimum atomic E-state index is -0.296. The Morgan fingerprint density at radius 1 is 1.25 bits per heavy atom. The van der Waals surface area contributed by atoms with E-state index in [0.717, 1.165) is 32.2 Å². The number of aliphatic imine (C=N–C) groups is 1. The second-order valence-corrected chi connectivity index (χ2v) is 5.52. The number of nitrogens with zero attached hydrogens (tertiary/aromatic N) is 1. The van der Waals surface area contributed by atoms with Gasteiger partial charge in [0.05, 0.1) is 12.1 Å². The van der Waals surface area contributed by atoms with E-state index in [2.05, 4.69) is 10.3 Å². The van der Waals surface area contributed by atoms with Crippen molar-refractivity contribution in [3.05, 3.63) is 0 Å². The Hall–Kier alpha value is -0.120. The molecule has 4 unspecified atom stereocenters. The lowest BCUT2D eigenvalue weighted by molar-refractivity contribution is 0.111. The number of hydrogen-bond donors (Lipinski definition) is 2. The zero-order chi connectivity index (χ0) is 11.4. The highest BCUT2D eigenvalue weighted by atomic mass is 35.5. The number of nitrogens with one attached hydrogen (secondary N) is 1. The Kier molecular flexibility index (Phi) is 4.62. The lowest BCUT2D eigenvalue weighted by Crippen LogP contribution is -2.37. The molecule has 1 saturated carbocycles. The predicted molar refractivity (Wildman–Crippen MR) is 67.4 cm³/mol. The summed E-state index contributed by atoms with van der Waals surface area (Å²) in [4.78, 5) is 4.52. The van der Waals surface area contributed by atoms with Gasteiger partial charge in [-0.25, -0.2) is 0 Å². The van der Waals surface area contributed by atoms with Gasteiger partial charge in [0.2, 0.25) is 0 Å². The minimum absolute atomic E-state index is 0.0139. The van der Waals surface area contributed by atoms with E-state index >= 15 is 0 Å². The molecule has 92 valence electrons. The predicted octanol–water partition coefficient (Wildman–Crippen LogP) is 1.72. The van der Waals surface area contributed by atoms with Crippen molar-refractivity contribution in [2.24, 2.45) is 4.99 Å². The van der Waals surface area contributed by atoms with Crippen molar-refractivity contribution in [2.45, 2.75) is 62.1 Å². The molecule has 2 rings (SSSR count). The van der Waals surface area contributed by atoms with E-state index < -0.39 is 0 Å². The van der Waals surface area contributed by atoms with Crippen LogP contribution in [0.1, 0.15) is 38.5 Å². The van der Waals surface area contributed by atoms with E-state index in [4.69, 9.17) is 11.6 Å². The van der Waals surface area contributed by atoms with Crippen molar-refractivity contribution in [3.63, 3.8) is 0 Å². The molecule has 1 aliphatic carbocycles. The van der Waals surface area contributed by atoms with Gasteiger partial charge in [-0.2, -0.15) is 0 Å². The molecule has 0 aromatic carbocycles. The van der Waals surface area contributed by atoms with Gasteiger partial charge in [0.15, 0.2) is 0 Å². The Morgan fingerprint density at radius 2 is 2.12 bits per heavy atom. The summed E-state index contributed by atoms with van der Waals surface area (Å²) in [6.45, 7) is 1.09. The van der Waals surface area contributed by atoms with Crippen LogP contribution < -0.4 is 5.32 Å². The van der Waals surface area contributed by atoms with Gasteiger partial charge in [0.1, 0.15) is 0 Å². The molecular weight excluding hydrogens is 224 g/mol. The van der Waals surface area contributed by atoms with Crippen molar-refractivity contribution in [2.75, 3.05) is 6.54 Å². The van der Waals surface area contributed by atoms with Crippen LogP contribution in [-0.4, -0.2) is 41.4 Å². The van der Waals surface area contributed by atoms with Crippen LogP contribution >= 0.6 is 11.6 Å². The van der Waals surface area contributed by atoms with Crippen LogP contribution in [0.5, 0.6) is 0 Å². The van der Waals surface area contributed by atoms with E-state index in [0.29, 0.717) is 6.04 Å². The number of hydrogen-bond acceptors (Lipinski definition) is 3. The number of alkyl halides is 1. The molecule has 1 heterocycles. The standard InChI is InChI=1S/C12H21ClN2O/c13-9-4-5-12(16)11(7-9)15-8-10-3-1-2-6-14-10/h8-12,14,16H,1-7H2. The molecule has 0 amide bonds. The Labute approximate surface area is 102 Å². The van der Waals surface area contributed by atoms with E-state index in [9.17, 15) is 5.11 Å². The van der Waals surface area contributed by atoms with Crippen LogP contribution in [0.2, 0.25) is 0 Å². The third kappa shape index (κ3) is 3.44. The molecule has 4 atom stereocenters. The summed E-state index contributed by atoms with van der Waals surface area (Å²) in [7, 11) is 0. The van der Waals surface area contributed by atoms with Crippen LogP contribution in [0.3, 0.4) is 0 Å². The quantitative estimate of drug-likeness (QED) is 0.574. The largest absolute Gasteiger partial charge is 0.391 e. The zero-order valence-corrected chi connectivity index (χ0v) is 10.4. The summed E-state index contributed by atoms with van der Waals surface area (Å²) in [5.41, 5.74) is 0. The summed E-state index contributed by atoms with van der Waals surface area (Å²) in [6.07, 6.45) is 7.90. The van der Waals surface area contributed by atoms with Gasteiger partial charge in [-0.05, 0) is 38.6 Å². The maximum absolute atomic E-state index is 9.82. The molecule has 1 saturated heterocycles. The van der Waals surface area contributed by atoms with E-state index in [1.807, 2.05) is 6.21 Å². The molecule has 2 N–H and O–H groups in total. The van der Waals surface area contributed by atoms with Crippen LogP contribution in [-0.2, 0) is 0 Å². The van der Waals surface area contributed by atoms with Gasteiger partial charge < -0.3 is 10.4 Å². The first-order chi connectivity index (χ1) is 7.75. The molecule has 0 radical (unpaired) electrons. The first-order valence-corrected chi connectivity index (χ1v) is 6.78. The maximum atomic E-state index is 9.82. The zero-order valence-electron chi connectivity index (χ0n) is 9.61. The molecule has 16 heavy (non-hydrogen) atoms. The van der Waals surface area contributed by atoms with E-state index in [1.165, 1.54) is 12.8 Å². The minimum Gasteiger partial charge on any atom is -0.391 e. The summed E-state index contributed by atoms with van der Waals surface area (Å²) >= 11 is 6.10. The molecule has 2 aliphatic rings. The Bertz CT molecular complexity index is 241. The number of aliphatic hydroxyl groups excluding tert-OH is 1. The first-order valence-electron chi connectivity index (χ1n) is 6.34. The average Bonchev–Trinajstić information content (AvgIpc) is 2.32. The van der Waals surface area contributed by atoms with Gasteiger partial charge in [-0.3, -0.25) is 4.99 Å². The van der Waals surface area contributed by atoms with Gasteiger partial charge in [0, 0.05) is 17.6 Å². The van der Waals surface area contributed by atoms with Crippen LogP contribution in [0.4, 0.5) is 0 Å². The summed E-state index contributed by atoms with van der Waals surface area (Å²) in [5.74, 6) is 0. The van der Waals surface area contributed by atoms with Crippen molar-refractivity contribution >= 4 is 17.8 Å². The number of rotatable bonds is 2. The molecule has 4 heteroatoms. The van der Waals surface area contributed by atoms with Crippen LogP contribution in [0.15, 0.2) is 4.99 Å². The number of aliphatic hydroxyl groups is 1. The molecular formula is C12H21ClN2O. The smallest absolute Gasteiger partial charge is 0.0769 e. The molecule has 3 nitrogen and oxygen atoms in total. The molecule has 0 aromatic rings. The van der Waals surface area contributed by atoms with Crippen molar-refractivity contribution in [3.8, 4) is 0 Å². The fourth-order valence-electron chi connectivity index (χ4n) is 2.46. The molecule has 0 aromatic heterocycles. The van der Waals surface area contributed by atoms with Crippen molar-refractivity contribution in [1.82, 2.24) is 5.32 Å². The van der Waals surface area contributed by atoms with Gasteiger partial charge in [0.25, 0.3) is 0 Å². The molecule has 0 spiro atoms. The highest BCUT2D eigenvalue weighted by Gasteiger charge is 2.27. The first kappa shape index (κ1) is 12.3. The number of halogens is 1. The molecule has 1 aliphatic heterocycles. The van der Waals surface area contributed by atoms with Crippen LogP contribution in [0.25, 0.3) is 0 Å². The van der Waals surface area contributed by atoms with E-state index in [1.54, 1.807) is 0 Å². The summed E-state index contributed by atoms with van der Waals surface area (Å²) in [6, 6.07) is 0.414. The third-order valence-electron chi connectivity index (χ3n) is 3.52. The maximum Gasteiger partial charge on any atom is 0.0769 e.